The molecule has 2 saturated heterocycles. The molecule has 1 N–H and O–H groups in total. The lowest BCUT2D eigenvalue weighted by Crippen LogP contribution is -2.68. The van der Waals surface area contributed by atoms with Crippen LogP contribution in [0.5, 0.6) is 0 Å². The van der Waals surface area contributed by atoms with Crippen LogP contribution >= 0.6 is 0 Å². The number of para-hydroxylation sites is 1. The van der Waals surface area contributed by atoms with Crippen molar-refractivity contribution in [2.75, 3.05) is 19.0 Å². The van der Waals surface area contributed by atoms with E-state index in [0.717, 1.165) is 31.5 Å². The Hall–Kier alpha value is -1.85. The van der Waals surface area contributed by atoms with Gasteiger partial charge in [0, 0.05) is 18.7 Å². The highest BCUT2D eigenvalue weighted by molar-refractivity contribution is 5.80. The highest BCUT2D eigenvalue weighted by atomic mass is 16.6. The molecule has 1 saturated carbocycles. The second kappa shape index (κ2) is 5.33. The van der Waals surface area contributed by atoms with Gasteiger partial charge in [0.2, 0.25) is 0 Å². The average molecular weight is 354 g/mol. The quantitative estimate of drug-likeness (QED) is 0.668. The summed E-state index contributed by atoms with van der Waals surface area (Å²) in [6, 6.07) is 8.66. The van der Waals surface area contributed by atoms with Crippen LogP contribution in [0, 0.1) is 5.92 Å². The molecule has 4 aliphatic rings. The number of nitrogens with one attached hydrogen (secondary N) is 1. The minimum Gasteiger partial charge on any atom is -0.469 e. The normalized spacial score (nSPS) is 40.1. The standard InChI is InChI=1S/C21H26N2O3/c1-4-13(2)12-23-17-10-9-15(19(24)25-3)20-11-18(23)26-21(17,20)22-16-8-6-5-7-14(16)20/h4-8,15,17-18,22H,9-12H2,1-3H3/b13-4-/t15?,17-,18+,20?,21+/m0/s1. The molecule has 3 fully saturated rings. The number of hydrogen-bond acceptors (Lipinski definition) is 5. The van der Waals surface area contributed by atoms with Gasteiger partial charge in [-0.15, -0.1) is 0 Å². The van der Waals surface area contributed by atoms with Crippen molar-refractivity contribution in [1.29, 1.82) is 0 Å². The fourth-order valence-corrected chi connectivity index (χ4v) is 6.08. The number of carbonyl (C=O) groups is 1. The first-order valence-corrected chi connectivity index (χ1v) is 9.58. The molecule has 1 aliphatic carbocycles. The van der Waals surface area contributed by atoms with Crippen LogP contribution in [0.1, 0.15) is 38.7 Å². The van der Waals surface area contributed by atoms with Crippen LogP contribution in [0.25, 0.3) is 0 Å². The van der Waals surface area contributed by atoms with E-state index < -0.39 is 5.72 Å². The molecule has 138 valence electrons. The molecule has 1 aromatic rings. The van der Waals surface area contributed by atoms with Crippen molar-refractivity contribution >= 4 is 11.7 Å². The Morgan fingerprint density at radius 2 is 2.23 bits per heavy atom. The maximum absolute atomic E-state index is 12.8. The van der Waals surface area contributed by atoms with Gasteiger partial charge in [0.25, 0.3) is 0 Å². The van der Waals surface area contributed by atoms with Crippen LogP contribution in [0.15, 0.2) is 35.9 Å². The highest BCUT2D eigenvalue weighted by Crippen LogP contribution is 2.69. The fraction of sp³-hybridized carbons (Fsp3) is 0.571. The second-order valence-electron chi connectivity index (χ2n) is 8.13. The van der Waals surface area contributed by atoms with Crippen LogP contribution in [0.3, 0.4) is 0 Å². The van der Waals surface area contributed by atoms with Gasteiger partial charge in [-0.25, -0.2) is 0 Å². The van der Waals surface area contributed by atoms with Crippen molar-refractivity contribution < 1.29 is 14.3 Å². The predicted octanol–water partition coefficient (Wildman–Crippen LogP) is 3.03. The number of methoxy groups -OCH3 is 1. The molecule has 2 bridgehead atoms. The molecule has 5 nitrogen and oxygen atoms in total. The van der Waals surface area contributed by atoms with E-state index in [-0.39, 0.29) is 29.6 Å². The van der Waals surface area contributed by atoms with E-state index in [9.17, 15) is 4.79 Å². The summed E-state index contributed by atoms with van der Waals surface area (Å²) in [5.41, 5.74) is 2.84. The molecule has 5 heteroatoms. The first-order chi connectivity index (χ1) is 12.6. The van der Waals surface area contributed by atoms with Crippen LogP contribution in [0.4, 0.5) is 5.69 Å². The van der Waals surface area contributed by atoms with Gasteiger partial charge in [0.05, 0.1) is 24.5 Å². The number of anilines is 1. The number of fused-ring (bicyclic) bond motifs is 2. The van der Waals surface area contributed by atoms with Crippen LogP contribution in [0.2, 0.25) is 0 Å². The number of esters is 1. The molecule has 0 radical (unpaired) electrons. The van der Waals surface area contributed by atoms with E-state index in [2.05, 4.69) is 48.3 Å². The summed E-state index contributed by atoms with van der Waals surface area (Å²) in [6.07, 6.45) is 4.84. The number of nitrogens with zero attached hydrogens (tertiary/aromatic N) is 1. The zero-order chi connectivity index (χ0) is 18.1. The Labute approximate surface area is 154 Å². The molecule has 5 rings (SSSR count). The van der Waals surface area contributed by atoms with E-state index in [4.69, 9.17) is 9.47 Å². The number of allylic oxidation sites excluding steroid dienone is 1. The largest absolute Gasteiger partial charge is 0.469 e. The number of hydrogen-bond donors (Lipinski definition) is 1. The summed E-state index contributed by atoms with van der Waals surface area (Å²) in [5, 5.41) is 3.73. The van der Waals surface area contributed by atoms with Gasteiger partial charge in [-0.05, 0) is 38.3 Å². The Kier molecular flexibility index (Phi) is 3.35. The summed E-state index contributed by atoms with van der Waals surface area (Å²) in [5.74, 6) is -0.261. The summed E-state index contributed by atoms with van der Waals surface area (Å²) in [7, 11) is 1.50. The number of ether oxygens (including phenoxy) is 2. The van der Waals surface area contributed by atoms with Gasteiger partial charge in [-0.2, -0.15) is 0 Å². The maximum atomic E-state index is 12.8. The van der Waals surface area contributed by atoms with E-state index in [1.165, 1.54) is 18.2 Å². The van der Waals surface area contributed by atoms with E-state index in [1.807, 2.05) is 6.07 Å². The van der Waals surface area contributed by atoms with Crippen molar-refractivity contribution in [3.8, 4) is 0 Å². The molecule has 3 aliphatic heterocycles. The lowest BCUT2D eigenvalue weighted by Gasteiger charge is -2.54. The molecule has 3 heterocycles. The first-order valence-electron chi connectivity index (χ1n) is 9.58. The highest BCUT2D eigenvalue weighted by Gasteiger charge is 2.79. The third kappa shape index (κ3) is 1.71. The lowest BCUT2D eigenvalue weighted by molar-refractivity contribution is -0.155. The Morgan fingerprint density at radius 3 is 3.00 bits per heavy atom. The van der Waals surface area contributed by atoms with Crippen LogP contribution in [-0.4, -0.2) is 42.5 Å². The topological polar surface area (TPSA) is 50.8 Å². The van der Waals surface area contributed by atoms with Crippen molar-refractivity contribution in [2.24, 2.45) is 5.92 Å². The Bertz CT molecular complexity index is 806. The zero-order valence-corrected chi connectivity index (χ0v) is 15.6. The number of piperidine rings is 1. The third-order valence-electron chi connectivity index (χ3n) is 7.18. The molecule has 26 heavy (non-hydrogen) atoms. The third-order valence-corrected chi connectivity index (χ3v) is 7.18. The molecule has 1 aromatic carbocycles. The Morgan fingerprint density at radius 1 is 1.42 bits per heavy atom. The summed E-state index contributed by atoms with van der Waals surface area (Å²) in [6.45, 7) is 5.18. The van der Waals surface area contributed by atoms with Gasteiger partial charge in [0.1, 0.15) is 6.23 Å². The van der Waals surface area contributed by atoms with Gasteiger partial charge in [0.15, 0.2) is 5.72 Å². The van der Waals surface area contributed by atoms with Gasteiger partial charge >= 0.3 is 5.97 Å². The van der Waals surface area contributed by atoms with Crippen molar-refractivity contribution in [1.82, 2.24) is 4.90 Å². The van der Waals surface area contributed by atoms with E-state index >= 15 is 0 Å². The second-order valence-corrected chi connectivity index (χ2v) is 8.13. The maximum Gasteiger partial charge on any atom is 0.309 e. The number of rotatable bonds is 3. The van der Waals surface area contributed by atoms with E-state index in [1.54, 1.807) is 0 Å². The summed E-state index contributed by atoms with van der Waals surface area (Å²) in [4.78, 5) is 15.3. The monoisotopic (exact) mass is 354 g/mol. The number of benzene rings is 1. The predicted molar refractivity (Wildman–Crippen MR) is 98.6 cm³/mol. The molecule has 5 atom stereocenters. The summed E-state index contributed by atoms with van der Waals surface area (Å²) < 4.78 is 11.9. The SMILES string of the molecule is C/C=C(/C)CN1[C@H]2CCC(C(=O)OC)C34C[C@H]1O[C@]23Nc1ccccc14. The molecular weight excluding hydrogens is 328 g/mol. The molecule has 0 amide bonds. The number of carbonyl (C=O) groups excluding carboxylic acids is 1. The molecule has 2 unspecified atom stereocenters. The smallest absolute Gasteiger partial charge is 0.309 e. The fourth-order valence-electron chi connectivity index (χ4n) is 6.08. The molecule has 0 aromatic heterocycles. The molecular formula is C21H26N2O3. The number of likely N-dealkylation sites (tertiary alicyclic amines) is 1. The van der Waals surface area contributed by atoms with Gasteiger partial charge in [-0.1, -0.05) is 29.8 Å². The summed E-state index contributed by atoms with van der Waals surface area (Å²) >= 11 is 0. The minimum absolute atomic E-state index is 0.0446. The van der Waals surface area contributed by atoms with Gasteiger partial charge < -0.3 is 14.8 Å². The van der Waals surface area contributed by atoms with Crippen molar-refractivity contribution in [3.63, 3.8) is 0 Å². The van der Waals surface area contributed by atoms with Crippen molar-refractivity contribution in [3.05, 3.63) is 41.5 Å². The lowest BCUT2D eigenvalue weighted by atomic mass is 9.55. The van der Waals surface area contributed by atoms with Crippen LogP contribution < -0.4 is 5.32 Å². The van der Waals surface area contributed by atoms with E-state index in [0.29, 0.717) is 0 Å². The Balaban J connectivity index is 1.65. The zero-order valence-electron chi connectivity index (χ0n) is 15.6. The minimum atomic E-state index is -0.521. The van der Waals surface area contributed by atoms with Crippen molar-refractivity contribution in [2.45, 2.75) is 56.5 Å². The van der Waals surface area contributed by atoms with Gasteiger partial charge in [-0.3, -0.25) is 9.69 Å². The average Bonchev–Trinajstić information content (AvgIpc) is 3.24. The van der Waals surface area contributed by atoms with Crippen LogP contribution in [-0.2, 0) is 19.7 Å². The first kappa shape index (κ1) is 16.3. The molecule has 1 spiro atoms.